The van der Waals surface area contributed by atoms with Crippen LogP contribution in [0.2, 0.25) is 0 Å². The number of rotatable bonds is 3. The SMILES string of the molecule is Cc1cc(CC(C)CN)nc2c(C(C)(C)C)cccc12. The zero-order valence-corrected chi connectivity index (χ0v) is 13.3. The summed E-state index contributed by atoms with van der Waals surface area (Å²) in [4.78, 5) is 4.93. The predicted molar refractivity (Wildman–Crippen MR) is 87.1 cm³/mol. The van der Waals surface area contributed by atoms with E-state index in [-0.39, 0.29) is 5.41 Å². The average Bonchev–Trinajstić information content (AvgIpc) is 2.36. The van der Waals surface area contributed by atoms with Gasteiger partial charge in [-0.05, 0) is 48.4 Å². The number of fused-ring (bicyclic) bond motifs is 1. The molecule has 1 aromatic heterocycles. The summed E-state index contributed by atoms with van der Waals surface area (Å²) in [7, 11) is 0. The summed E-state index contributed by atoms with van der Waals surface area (Å²) in [5, 5.41) is 1.27. The third-order valence-corrected chi connectivity index (χ3v) is 3.87. The molecule has 108 valence electrons. The van der Waals surface area contributed by atoms with Gasteiger partial charge in [0.05, 0.1) is 5.52 Å². The first-order valence-corrected chi connectivity index (χ1v) is 7.42. The lowest BCUT2D eigenvalue weighted by molar-refractivity contribution is 0.582. The lowest BCUT2D eigenvalue weighted by atomic mass is 9.85. The van der Waals surface area contributed by atoms with Crippen molar-refractivity contribution in [3.8, 4) is 0 Å². The molecule has 1 unspecified atom stereocenters. The van der Waals surface area contributed by atoms with Crippen LogP contribution in [0, 0.1) is 12.8 Å². The van der Waals surface area contributed by atoms with Gasteiger partial charge < -0.3 is 5.73 Å². The van der Waals surface area contributed by atoms with Crippen LogP contribution >= 0.6 is 0 Å². The molecule has 0 spiro atoms. The van der Waals surface area contributed by atoms with Gasteiger partial charge in [-0.1, -0.05) is 45.9 Å². The first kappa shape index (κ1) is 15.0. The third kappa shape index (κ3) is 3.01. The van der Waals surface area contributed by atoms with E-state index in [1.165, 1.54) is 16.5 Å². The molecule has 0 radical (unpaired) electrons. The van der Waals surface area contributed by atoms with Gasteiger partial charge in [0.25, 0.3) is 0 Å². The Kier molecular flexibility index (Phi) is 4.14. The van der Waals surface area contributed by atoms with Crippen LogP contribution in [-0.2, 0) is 11.8 Å². The molecule has 2 rings (SSSR count). The first-order chi connectivity index (χ1) is 9.32. The lowest BCUT2D eigenvalue weighted by Gasteiger charge is -2.22. The molecule has 20 heavy (non-hydrogen) atoms. The van der Waals surface area contributed by atoms with E-state index in [9.17, 15) is 0 Å². The highest BCUT2D eigenvalue weighted by atomic mass is 14.7. The third-order valence-electron chi connectivity index (χ3n) is 3.87. The number of pyridine rings is 1. The minimum absolute atomic E-state index is 0.108. The van der Waals surface area contributed by atoms with Crippen LogP contribution in [0.25, 0.3) is 10.9 Å². The summed E-state index contributed by atoms with van der Waals surface area (Å²) in [6, 6.07) is 8.72. The molecule has 0 bridgehead atoms. The fraction of sp³-hybridized carbons (Fsp3) is 0.500. The van der Waals surface area contributed by atoms with E-state index in [0.717, 1.165) is 17.6 Å². The summed E-state index contributed by atoms with van der Waals surface area (Å²) in [5.41, 5.74) is 10.8. The van der Waals surface area contributed by atoms with Crippen LogP contribution in [0.5, 0.6) is 0 Å². The van der Waals surface area contributed by atoms with Crippen molar-refractivity contribution in [1.82, 2.24) is 4.98 Å². The van der Waals surface area contributed by atoms with Crippen LogP contribution in [0.15, 0.2) is 24.3 Å². The fourth-order valence-corrected chi connectivity index (χ4v) is 2.64. The molecule has 0 saturated carbocycles. The van der Waals surface area contributed by atoms with Gasteiger partial charge in [0.1, 0.15) is 0 Å². The Morgan fingerprint density at radius 2 is 1.95 bits per heavy atom. The molecule has 1 heterocycles. The van der Waals surface area contributed by atoms with Crippen molar-refractivity contribution in [2.75, 3.05) is 6.54 Å². The Hall–Kier alpha value is -1.41. The molecular formula is C18H26N2. The number of para-hydroxylation sites is 1. The second-order valence-corrected chi connectivity index (χ2v) is 6.93. The summed E-state index contributed by atoms with van der Waals surface area (Å²) in [6.07, 6.45) is 0.950. The van der Waals surface area contributed by atoms with E-state index in [2.05, 4.69) is 58.9 Å². The van der Waals surface area contributed by atoms with Gasteiger partial charge in [0, 0.05) is 11.1 Å². The molecular weight excluding hydrogens is 244 g/mol. The summed E-state index contributed by atoms with van der Waals surface area (Å²) in [5.74, 6) is 0.473. The van der Waals surface area contributed by atoms with E-state index < -0.39 is 0 Å². The van der Waals surface area contributed by atoms with Crippen LogP contribution in [0.1, 0.15) is 44.5 Å². The van der Waals surface area contributed by atoms with Gasteiger partial charge in [-0.25, -0.2) is 0 Å². The maximum absolute atomic E-state index is 5.74. The minimum Gasteiger partial charge on any atom is -0.330 e. The molecule has 0 amide bonds. The average molecular weight is 270 g/mol. The van der Waals surface area contributed by atoms with Crippen molar-refractivity contribution in [3.05, 3.63) is 41.1 Å². The Balaban J connectivity index is 2.61. The van der Waals surface area contributed by atoms with E-state index in [1.807, 2.05) is 0 Å². The molecule has 2 aromatic rings. The summed E-state index contributed by atoms with van der Waals surface area (Å²) < 4.78 is 0. The number of hydrogen-bond donors (Lipinski definition) is 1. The highest BCUT2D eigenvalue weighted by molar-refractivity contribution is 5.86. The van der Waals surface area contributed by atoms with Crippen molar-refractivity contribution in [2.24, 2.45) is 11.7 Å². The van der Waals surface area contributed by atoms with Crippen molar-refractivity contribution in [3.63, 3.8) is 0 Å². The molecule has 1 aromatic carbocycles. The molecule has 1 atom stereocenters. The van der Waals surface area contributed by atoms with Crippen LogP contribution in [0.3, 0.4) is 0 Å². The Labute approximate surface area is 122 Å². The molecule has 0 aliphatic heterocycles. The number of aromatic nitrogens is 1. The molecule has 0 fully saturated rings. The van der Waals surface area contributed by atoms with Crippen molar-refractivity contribution in [2.45, 2.75) is 46.5 Å². The first-order valence-electron chi connectivity index (χ1n) is 7.42. The van der Waals surface area contributed by atoms with Gasteiger partial charge in [0.2, 0.25) is 0 Å². The van der Waals surface area contributed by atoms with Crippen molar-refractivity contribution in [1.29, 1.82) is 0 Å². The van der Waals surface area contributed by atoms with Gasteiger partial charge in [-0.3, -0.25) is 4.98 Å². The smallest absolute Gasteiger partial charge is 0.0745 e. The highest BCUT2D eigenvalue weighted by Gasteiger charge is 2.18. The Morgan fingerprint density at radius 3 is 2.55 bits per heavy atom. The fourth-order valence-electron chi connectivity index (χ4n) is 2.64. The maximum Gasteiger partial charge on any atom is 0.0745 e. The summed E-state index contributed by atoms with van der Waals surface area (Å²) in [6.45, 7) is 11.8. The largest absolute Gasteiger partial charge is 0.330 e. The number of benzene rings is 1. The quantitative estimate of drug-likeness (QED) is 0.916. The topological polar surface area (TPSA) is 38.9 Å². The Bertz CT molecular complexity index is 609. The lowest BCUT2D eigenvalue weighted by Crippen LogP contribution is -2.15. The number of hydrogen-bond acceptors (Lipinski definition) is 2. The monoisotopic (exact) mass is 270 g/mol. The van der Waals surface area contributed by atoms with E-state index >= 15 is 0 Å². The molecule has 2 N–H and O–H groups in total. The minimum atomic E-state index is 0.108. The predicted octanol–water partition coefficient (Wildman–Crippen LogP) is 3.98. The highest BCUT2D eigenvalue weighted by Crippen LogP contribution is 2.30. The van der Waals surface area contributed by atoms with Gasteiger partial charge in [-0.2, -0.15) is 0 Å². The van der Waals surface area contributed by atoms with Crippen LogP contribution in [0.4, 0.5) is 0 Å². The molecule has 0 saturated heterocycles. The molecule has 0 aliphatic rings. The van der Waals surface area contributed by atoms with Crippen molar-refractivity contribution < 1.29 is 0 Å². The number of nitrogens with two attached hydrogens (primary N) is 1. The Morgan fingerprint density at radius 1 is 1.25 bits per heavy atom. The number of nitrogens with zero attached hydrogens (tertiary/aromatic N) is 1. The standard InChI is InChI=1S/C18H26N2/c1-12(11-19)9-14-10-13(2)15-7-6-8-16(17(15)20-14)18(3,4)5/h6-8,10,12H,9,11,19H2,1-5H3. The number of aryl methyl sites for hydroxylation is 1. The van der Waals surface area contributed by atoms with E-state index in [4.69, 9.17) is 10.7 Å². The molecule has 2 nitrogen and oxygen atoms in total. The zero-order chi connectivity index (χ0) is 14.9. The van der Waals surface area contributed by atoms with Gasteiger partial charge >= 0.3 is 0 Å². The van der Waals surface area contributed by atoms with Crippen molar-refractivity contribution >= 4 is 10.9 Å². The van der Waals surface area contributed by atoms with E-state index in [0.29, 0.717) is 12.5 Å². The van der Waals surface area contributed by atoms with Gasteiger partial charge in [-0.15, -0.1) is 0 Å². The maximum atomic E-state index is 5.74. The second-order valence-electron chi connectivity index (χ2n) is 6.93. The molecule has 2 heteroatoms. The normalized spacial score (nSPS) is 13.7. The second kappa shape index (κ2) is 5.53. The van der Waals surface area contributed by atoms with Crippen LogP contribution in [-0.4, -0.2) is 11.5 Å². The van der Waals surface area contributed by atoms with E-state index in [1.54, 1.807) is 0 Å². The molecule has 0 aliphatic carbocycles. The van der Waals surface area contributed by atoms with Crippen LogP contribution < -0.4 is 5.73 Å². The zero-order valence-electron chi connectivity index (χ0n) is 13.3. The summed E-state index contributed by atoms with van der Waals surface area (Å²) >= 11 is 0. The van der Waals surface area contributed by atoms with Gasteiger partial charge in [0.15, 0.2) is 0 Å².